The van der Waals surface area contributed by atoms with Crippen molar-refractivity contribution >= 4 is 12.0 Å². The molecule has 6 nitrogen and oxygen atoms in total. The number of nitrogens with one attached hydrogen (secondary N) is 1. The van der Waals surface area contributed by atoms with Crippen molar-refractivity contribution in [3.63, 3.8) is 0 Å². The van der Waals surface area contributed by atoms with Crippen molar-refractivity contribution in [1.82, 2.24) is 10.2 Å². The Bertz CT molecular complexity index is 1050. The van der Waals surface area contributed by atoms with Crippen LogP contribution in [0.15, 0.2) is 47.7 Å². The van der Waals surface area contributed by atoms with Gasteiger partial charge in [0.05, 0.1) is 23.9 Å². The molecule has 2 aromatic carbocycles. The van der Waals surface area contributed by atoms with Crippen molar-refractivity contribution in [2.45, 2.75) is 33.7 Å². The van der Waals surface area contributed by atoms with Crippen molar-refractivity contribution in [1.29, 1.82) is 0 Å². The van der Waals surface area contributed by atoms with E-state index in [0.29, 0.717) is 11.4 Å². The summed E-state index contributed by atoms with van der Waals surface area (Å²) in [6, 6.07) is 8.55. The summed E-state index contributed by atoms with van der Waals surface area (Å²) in [6.07, 6.45) is 0. The predicted molar refractivity (Wildman–Crippen MR) is 115 cm³/mol. The Morgan fingerprint density at radius 2 is 1.90 bits per heavy atom. The molecule has 7 heteroatoms. The lowest BCUT2D eigenvalue weighted by molar-refractivity contribution is -0.139. The molecule has 0 bridgehead atoms. The molecule has 0 aromatic heterocycles. The summed E-state index contributed by atoms with van der Waals surface area (Å²) in [5.41, 5.74) is 3.75. The highest BCUT2D eigenvalue weighted by atomic mass is 19.1. The van der Waals surface area contributed by atoms with Crippen LogP contribution in [0.1, 0.15) is 35.2 Å². The zero-order valence-corrected chi connectivity index (χ0v) is 18.4. The minimum Gasteiger partial charge on any atom is -0.487 e. The maximum Gasteiger partial charge on any atom is 0.338 e. The topological polar surface area (TPSA) is 67.9 Å². The number of carbonyl (C=O) groups is 2. The van der Waals surface area contributed by atoms with E-state index >= 15 is 0 Å². The first-order valence-electron chi connectivity index (χ1n) is 10.1. The average molecular weight is 426 g/mol. The van der Waals surface area contributed by atoms with Crippen molar-refractivity contribution in [2.24, 2.45) is 0 Å². The Hall–Kier alpha value is -3.35. The lowest BCUT2D eigenvalue weighted by atomic mass is 9.94. The zero-order valence-electron chi connectivity index (χ0n) is 18.4. The predicted octanol–water partition coefficient (Wildman–Crippen LogP) is 4.34. The standard InChI is InChI=1S/C24H27FN2O4/c1-6-30-23(28)21-19(13-31-20-12-14(2)11-15(3)16(20)4)27(5)24(29)26-22(21)17-9-7-8-10-18(17)25/h7-12,22H,6,13H2,1-5H3,(H,26,29)/t22-/m1/s1. The fraction of sp³-hybridized carbons (Fsp3) is 0.333. The maximum absolute atomic E-state index is 14.6. The largest absolute Gasteiger partial charge is 0.487 e. The highest BCUT2D eigenvalue weighted by molar-refractivity contribution is 5.95. The number of ether oxygens (including phenoxy) is 2. The van der Waals surface area contributed by atoms with Gasteiger partial charge in [-0.15, -0.1) is 0 Å². The van der Waals surface area contributed by atoms with Gasteiger partial charge < -0.3 is 14.8 Å². The second kappa shape index (κ2) is 9.20. The van der Waals surface area contributed by atoms with Crippen molar-refractivity contribution < 1.29 is 23.5 Å². The van der Waals surface area contributed by atoms with E-state index in [-0.39, 0.29) is 24.4 Å². The van der Waals surface area contributed by atoms with Gasteiger partial charge in [-0.1, -0.05) is 24.3 Å². The number of carbonyl (C=O) groups excluding carboxylic acids is 2. The van der Waals surface area contributed by atoms with E-state index < -0.39 is 23.9 Å². The number of hydrogen-bond acceptors (Lipinski definition) is 4. The SMILES string of the molecule is CCOC(=O)C1=C(COc2cc(C)cc(C)c2C)N(C)C(=O)N[C@@H]1c1ccccc1F. The molecular weight excluding hydrogens is 399 g/mol. The van der Waals surface area contributed by atoms with Gasteiger partial charge in [0.25, 0.3) is 0 Å². The van der Waals surface area contributed by atoms with Crippen LogP contribution in [0, 0.1) is 26.6 Å². The summed E-state index contributed by atoms with van der Waals surface area (Å²) in [5, 5.41) is 2.70. The third-order valence-corrected chi connectivity index (χ3v) is 5.42. The van der Waals surface area contributed by atoms with Crippen LogP contribution in [-0.4, -0.2) is 37.2 Å². The monoisotopic (exact) mass is 426 g/mol. The van der Waals surface area contributed by atoms with Crippen LogP contribution in [0.4, 0.5) is 9.18 Å². The van der Waals surface area contributed by atoms with E-state index in [1.54, 1.807) is 26.1 Å². The summed E-state index contributed by atoms with van der Waals surface area (Å²) in [6.45, 7) is 7.70. The fourth-order valence-corrected chi connectivity index (χ4v) is 3.62. The number of aryl methyl sites for hydroxylation is 2. The first-order valence-corrected chi connectivity index (χ1v) is 10.1. The van der Waals surface area contributed by atoms with E-state index in [9.17, 15) is 14.0 Å². The molecule has 1 aliphatic rings. The molecule has 3 rings (SSSR count). The van der Waals surface area contributed by atoms with Crippen LogP contribution in [0.5, 0.6) is 5.75 Å². The summed E-state index contributed by atoms with van der Waals surface area (Å²) in [5.74, 6) is -0.488. The number of hydrogen-bond donors (Lipinski definition) is 1. The molecule has 0 radical (unpaired) electrons. The Morgan fingerprint density at radius 1 is 1.19 bits per heavy atom. The Morgan fingerprint density at radius 3 is 2.58 bits per heavy atom. The van der Waals surface area contributed by atoms with Crippen LogP contribution in [-0.2, 0) is 9.53 Å². The van der Waals surface area contributed by atoms with Crippen molar-refractivity contribution in [3.05, 3.63) is 75.7 Å². The Labute approximate surface area is 181 Å². The van der Waals surface area contributed by atoms with Gasteiger partial charge in [0.15, 0.2) is 0 Å². The molecule has 0 spiro atoms. The number of urea groups is 1. The Balaban J connectivity index is 2.08. The number of nitrogens with zero attached hydrogens (tertiary/aromatic N) is 1. The molecule has 1 heterocycles. The zero-order chi connectivity index (χ0) is 22.7. The van der Waals surface area contributed by atoms with Crippen molar-refractivity contribution in [2.75, 3.05) is 20.3 Å². The third kappa shape index (κ3) is 4.55. The lowest BCUT2D eigenvalue weighted by Crippen LogP contribution is -2.48. The average Bonchev–Trinajstić information content (AvgIpc) is 2.72. The molecule has 0 saturated carbocycles. The second-order valence-corrected chi connectivity index (χ2v) is 7.54. The van der Waals surface area contributed by atoms with Gasteiger partial charge in [0.1, 0.15) is 18.2 Å². The van der Waals surface area contributed by atoms with Crippen LogP contribution < -0.4 is 10.1 Å². The summed E-state index contributed by atoms with van der Waals surface area (Å²) in [7, 11) is 1.54. The molecule has 31 heavy (non-hydrogen) atoms. The molecular formula is C24H27FN2O4. The number of rotatable bonds is 6. The minimum atomic E-state index is -0.983. The molecule has 0 saturated heterocycles. The van der Waals surface area contributed by atoms with E-state index in [0.717, 1.165) is 16.7 Å². The van der Waals surface area contributed by atoms with Gasteiger partial charge >= 0.3 is 12.0 Å². The molecule has 2 aromatic rings. The number of benzene rings is 2. The van der Waals surface area contributed by atoms with E-state index in [1.807, 2.05) is 26.8 Å². The normalized spacial score (nSPS) is 16.3. The summed E-state index contributed by atoms with van der Waals surface area (Å²) < 4.78 is 25.9. The summed E-state index contributed by atoms with van der Waals surface area (Å²) in [4.78, 5) is 26.9. The van der Waals surface area contributed by atoms with Crippen LogP contribution >= 0.6 is 0 Å². The van der Waals surface area contributed by atoms with Gasteiger partial charge in [0, 0.05) is 12.6 Å². The smallest absolute Gasteiger partial charge is 0.338 e. The number of likely N-dealkylation sites (N-methyl/N-ethyl adjacent to an activating group) is 1. The highest BCUT2D eigenvalue weighted by Gasteiger charge is 2.38. The number of amides is 2. The number of halogens is 1. The lowest BCUT2D eigenvalue weighted by Gasteiger charge is -2.34. The fourth-order valence-electron chi connectivity index (χ4n) is 3.62. The molecule has 1 N–H and O–H groups in total. The van der Waals surface area contributed by atoms with Gasteiger partial charge in [-0.05, 0) is 56.5 Å². The van der Waals surface area contributed by atoms with Gasteiger partial charge in [-0.3, -0.25) is 4.90 Å². The van der Waals surface area contributed by atoms with Crippen LogP contribution in [0.25, 0.3) is 0 Å². The van der Waals surface area contributed by atoms with E-state index in [2.05, 4.69) is 11.4 Å². The molecule has 0 aliphatic carbocycles. The van der Waals surface area contributed by atoms with E-state index in [1.165, 1.54) is 17.0 Å². The number of esters is 1. The van der Waals surface area contributed by atoms with Gasteiger partial charge in [-0.2, -0.15) is 0 Å². The van der Waals surface area contributed by atoms with E-state index in [4.69, 9.17) is 9.47 Å². The highest BCUT2D eigenvalue weighted by Crippen LogP contribution is 2.33. The molecule has 164 valence electrons. The molecule has 0 unspecified atom stereocenters. The molecule has 2 amide bonds. The minimum absolute atomic E-state index is 0.0489. The Kier molecular flexibility index (Phi) is 6.63. The first-order chi connectivity index (χ1) is 14.7. The molecule has 1 atom stereocenters. The van der Waals surface area contributed by atoms with Crippen LogP contribution in [0.3, 0.4) is 0 Å². The van der Waals surface area contributed by atoms with Gasteiger partial charge in [-0.25, -0.2) is 14.0 Å². The van der Waals surface area contributed by atoms with Gasteiger partial charge in [0.2, 0.25) is 0 Å². The van der Waals surface area contributed by atoms with Crippen molar-refractivity contribution in [3.8, 4) is 5.75 Å². The maximum atomic E-state index is 14.6. The molecule has 0 fully saturated rings. The van der Waals surface area contributed by atoms with Crippen LogP contribution in [0.2, 0.25) is 0 Å². The summed E-state index contributed by atoms with van der Waals surface area (Å²) >= 11 is 0. The third-order valence-electron chi connectivity index (χ3n) is 5.42. The quantitative estimate of drug-likeness (QED) is 0.698. The second-order valence-electron chi connectivity index (χ2n) is 7.54. The molecule has 1 aliphatic heterocycles. The first kappa shape index (κ1) is 22.3.